The Kier molecular flexibility index (Phi) is 38.0. The number of carboxylic acids is 1. The summed E-state index contributed by atoms with van der Waals surface area (Å²) < 4.78 is 32.5. The number of hydrogen-bond donors (Lipinski definition) is 4. The normalized spacial score (nSPS) is 15.5. The molecule has 0 aliphatic carbocycles. The van der Waals surface area contributed by atoms with E-state index in [4.69, 9.17) is 24.8 Å². The third kappa shape index (κ3) is 40.7. The molecule has 4 atom stereocenters. The second kappa shape index (κ2) is 41.0. The van der Waals surface area contributed by atoms with Crippen molar-refractivity contribution in [2.75, 3.05) is 19.8 Å². The molecule has 0 aliphatic heterocycles. The maximum absolute atomic E-state index is 12.6. The number of aliphatic hydroxyl groups excluding tert-OH is 1. The highest BCUT2D eigenvalue weighted by atomic mass is 31.2. The maximum Gasteiger partial charge on any atom is 0.472 e. The van der Waals surface area contributed by atoms with Gasteiger partial charge >= 0.3 is 25.7 Å². The van der Waals surface area contributed by atoms with E-state index < -0.39 is 63.8 Å². The number of phosphoric ester groups is 1. The molecule has 0 aromatic carbocycles. The molecule has 13 heteroatoms. The standard InChI is InChI=1S/C48H72NO11P/c1-3-5-7-8-9-10-11-12-13-14-15-16-17-18-22-25-28-31-34-38-46(51)57-40-44(41-58-61(55,56)59-42-45(49)48(53)54)60-47(52)39-35-32-29-26-23-20-19-21-24-27-30-33-37-43(50)36-6-4-2/h5-7,9-10,12-13,15-16,18-20,22,24,26-31,33,36,43-45,50H,3-4,8,11,14,17,21,23,25,32,34-35,37-42,49H2,1-2H3,(H,53,54)(H,55,56)/b7-5-,10-9-,13-12-,16-15-,20-19-,22-18-,27-24-,29-26-,31-28-,33-30+,36-6-/t43?,44-,45+/m1/s1. The Morgan fingerprint density at radius 3 is 1.61 bits per heavy atom. The summed E-state index contributed by atoms with van der Waals surface area (Å²) in [5.74, 6) is -2.61. The highest BCUT2D eigenvalue weighted by Crippen LogP contribution is 2.43. The minimum Gasteiger partial charge on any atom is -0.480 e. The van der Waals surface area contributed by atoms with Gasteiger partial charge in [0.25, 0.3) is 0 Å². The predicted molar refractivity (Wildman–Crippen MR) is 245 cm³/mol. The number of ether oxygens (including phenoxy) is 2. The SMILES string of the molecule is CC/C=C\C/C=C\C/C=C\C/C=C\C/C=C\C/C=C\CCC(=O)OC[C@H](COP(=O)(O)OC[C@H](N)C(=O)O)OC(=O)CCC/C=C\C/C=C\C/C=C\C=C\CC(O)/C=C\CC. The molecule has 0 bridgehead atoms. The zero-order chi connectivity index (χ0) is 45.1. The molecule has 0 rings (SSSR count). The molecule has 12 nitrogen and oxygen atoms in total. The fourth-order valence-electron chi connectivity index (χ4n) is 4.67. The Bertz CT molecular complexity index is 1550. The minimum absolute atomic E-state index is 0.0400. The lowest BCUT2D eigenvalue weighted by Crippen LogP contribution is -2.34. The molecule has 0 saturated carbocycles. The summed E-state index contributed by atoms with van der Waals surface area (Å²) in [5.41, 5.74) is 5.32. The van der Waals surface area contributed by atoms with E-state index >= 15 is 0 Å². The molecular formula is C48H72NO11P. The Hall–Kier alpha value is -4.42. The average molecular weight is 870 g/mol. The summed E-state index contributed by atoms with van der Waals surface area (Å²) in [6.07, 6.45) is 53.1. The predicted octanol–water partition coefficient (Wildman–Crippen LogP) is 10.4. The Morgan fingerprint density at radius 2 is 1.07 bits per heavy atom. The molecule has 0 heterocycles. The maximum atomic E-state index is 12.6. The van der Waals surface area contributed by atoms with Crippen molar-refractivity contribution in [3.05, 3.63) is 134 Å². The molecule has 0 aromatic heterocycles. The number of aliphatic carboxylic acids is 1. The van der Waals surface area contributed by atoms with Gasteiger partial charge in [-0.05, 0) is 83.5 Å². The Balaban J connectivity index is 4.65. The molecule has 0 aliphatic rings. The Morgan fingerprint density at radius 1 is 0.590 bits per heavy atom. The van der Waals surface area contributed by atoms with Gasteiger partial charge in [-0.1, -0.05) is 148 Å². The van der Waals surface area contributed by atoms with Crippen molar-refractivity contribution < 1.29 is 52.6 Å². The summed E-state index contributed by atoms with van der Waals surface area (Å²) in [6.45, 7) is 2.27. The number of esters is 2. The van der Waals surface area contributed by atoms with Crippen molar-refractivity contribution in [3.63, 3.8) is 0 Å². The van der Waals surface area contributed by atoms with Gasteiger partial charge in [-0.3, -0.25) is 23.4 Å². The van der Waals surface area contributed by atoms with Crippen molar-refractivity contribution in [1.29, 1.82) is 0 Å². The van der Waals surface area contributed by atoms with Crippen LogP contribution in [0.15, 0.2) is 134 Å². The van der Waals surface area contributed by atoms with E-state index in [-0.39, 0.29) is 12.8 Å². The zero-order valence-electron chi connectivity index (χ0n) is 36.3. The van der Waals surface area contributed by atoms with Crippen molar-refractivity contribution in [2.24, 2.45) is 5.73 Å². The molecule has 61 heavy (non-hydrogen) atoms. The lowest BCUT2D eigenvalue weighted by atomic mass is 10.2. The van der Waals surface area contributed by atoms with E-state index in [1.807, 2.05) is 79.8 Å². The highest BCUT2D eigenvalue weighted by molar-refractivity contribution is 7.47. The van der Waals surface area contributed by atoms with Crippen LogP contribution >= 0.6 is 7.82 Å². The van der Waals surface area contributed by atoms with Crippen LogP contribution in [0.3, 0.4) is 0 Å². The van der Waals surface area contributed by atoms with Crippen LogP contribution in [-0.4, -0.2) is 71.1 Å². The van der Waals surface area contributed by atoms with E-state index in [0.717, 1.165) is 51.4 Å². The quantitative estimate of drug-likeness (QED) is 0.0152. The lowest BCUT2D eigenvalue weighted by molar-refractivity contribution is -0.161. The number of aliphatic hydroxyl groups is 1. The number of phosphoric acid groups is 1. The molecule has 0 saturated heterocycles. The van der Waals surface area contributed by atoms with Gasteiger partial charge < -0.3 is 30.3 Å². The van der Waals surface area contributed by atoms with Crippen LogP contribution in [0, 0.1) is 0 Å². The van der Waals surface area contributed by atoms with Gasteiger partial charge in [0.05, 0.1) is 19.3 Å². The second-order valence-corrected chi connectivity index (χ2v) is 15.0. The van der Waals surface area contributed by atoms with Gasteiger partial charge in [-0.15, -0.1) is 0 Å². The molecule has 0 aromatic rings. The van der Waals surface area contributed by atoms with Gasteiger partial charge in [-0.2, -0.15) is 0 Å². The summed E-state index contributed by atoms with van der Waals surface area (Å²) in [5, 5.41) is 18.7. The third-order valence-corrected chi connectivity index (χ3v) is 8.93. The van der Waals surface area contributed by atoms with E-state index in [1.165, 1.54) is 0 Å². The topological polar surface area (TPSA) is 192 Å². The number of rotatable bonds is 37. The molecular weight excluding hydrogens is 797 g/mol. The first kappa shape index (κ1) is 56.6. The first-order valence-electron chi connectivity index (χ1n) is 21.3. The van der Waals surface area contributed by atoms with Crippen LogP contribution in [-0.2, 0) is 37.5 Å². The van der Waals surface area contributed by atoms with E-state index in [0.29, 0.717) is 32.1 Å². The molecule has 340 valence electrons. The van der Waals surface area contributed by atoms with Crippen LogP contribution in [0.4, 0.5) is 0 Å². The number of carbonyl (C=O) groups excluding carboxylic acids is 2. The van der Waals surface area contributed by atoms with E-state index in [2.05, 4.69) is 66.1 Å². The summed E-state index contributed by atoms with van der Waals surface area (Å²) in [4.78, 5) is 45.9. The second-order valence-electron chi connectivity index (χ2n) is 13.6. The fourth-order valence-corrected chi connectivity index (χ4v) is 5.45. The summed E-state index contributed by atoms with van der Waals surface area (Å²) in [7, 11) is -4.77. The van der Waals surface area contributed by atoms with Crippen LogP contribution in [0.25, 0.3) is 0 Å². The Labute approximate surface area is 365 Å². The van der Waals surface area contributed by atoms with Gasteiger partial charge in [0, 0.05) is 12.8 Å². The average Bonchev–Trinajstić information content (AvgIpc) is 3.23. The van der Waals surface area contributed by atoms with E-state index in [1.54, 1.807) is 6.08 Å². The minimum atomic E-state index is -4.77. The largest absolute Gasteiger partial charge is 0.480 e. The van der Waals surface area contributed by atoms with Gasteiger partial charge in [0.2, 0.25) is 0 Å². The molecule has 0 spiro atoms. The number of carbonyl (C=O) groups is 3. The third-order valence-electron chi connectivity index (χ3n) is 7.98. The van der Waals surface area contributed by atoms with Crippen LogP contribution in [0.2, 0.25) is 0 Å². The van der Waals surface area contributed by atoms with Crippen molar-refractivity contribution in [2.45, 2.75) is 128 Å². The smallest absolute Gasteiger partial charge is 0.472 e. The van der Waals surface area contributed by atoms with Gasteiger partial charge in [0.1, 0.15) is 12.6 Å². The molecule has 0 fully saturated rings. The van der Waals surface area contributed by atoms with Gasteiger partial charge in [-0.25, -0.2) is 4.57 Å². The first-order chi connectivity index (χ1) is 29.5. The number of hydrogen-bond acceptors (Lipinski definition) is 10. The lowest BCUT2D eigenvalue weighted by Gasteiger charge is -2.20. The number of unbranched alkanes of at least 4 members (excludes halogenated alkanes) is 1. The molecule has 0 radical (unpaired) electrons. The van der Waals surface area contributed by atoms with Crippen LogP contribution < -0.4 is 5.73 Å². The zero-order valence-corrected chi connectivity index (χ0v) is 37.2. The fraction of sp³-hybridized carbons (Fsp3) is 0.479. The van der Waals surface area contributed by atoms with Gasteiger partial charge in [0.15, 0.2) is 6.10 Å². The molecule has 5 N–H and O–H groups in total. The number of allylic oxidation sites excluding steroid dienone is 20. The van der Waals surface area contributed by atoms with Crippen LogP contribution in [0.1, 0.15) is 110 Å². The van der Waals surface area contributed by atoms with Crippen molar-refractivity contribution >= 4 is 25.7 Å². The highest BCUT2D eigenvalue weighted by Gasteiger charge is 2.28. The molecule has 0 amide bonds. The molecule has 2 unspecified atom stereocenters. The first-order valence-corrected chi connectivity index (χ1v) is 22.8. The van der Waals surface area contributed by atoms with Crippen molar-refractivity contribution in [1.82, 2.24) is 0 Å². The van der Waals surface area contributed by atoms with Crippen LogP contribution in [0.5, 0.6) is 0 Å². The van der Waals surface area contributed by atoms with E-state index in [9.17, 15) is 28.9 Å². The summed E-state index contributed by atoms with van der Waals surface area (Å²) in [6, 6.07) is -1.56. The number of nitrogens with two attached hydrogens (primary N) is 1. The monoisotopic (exact) mass is 869 g/mol. The van der Waals surface area contributed by atoms with Crippen molar-refractivity contribution in [3.8, 4) is 0 Å². The summed E-state index contributed by atoms with van der Waals surface area (Å²) >= 11 is 0. The number of carboxylic acid groups (broad SMARTS) is 1.